The van der Waals surface area contributed by atoms with E-state index in [0.717, 1.165) is 10.2 Å². The Morgan fingerprint density at radius 1 is 1.09 bits per heavy atom. The van der Waals surface area contributed by atoms with Crippen molar-refractivity contribution >= 4 is 33.1 Å². The summed E-state index contributed by atoms with van der Waals surface area (Å²) in [5.74, 6) is 0.110. The maximum atomic E-state index is 14.4. The zero-order chi connectivity index (χ0) is 32.1. The van der Waals surface area contributed by atoms with Gasteiger partial charge in [0.15, 0.2) is 5.65 Å². The van der Waals surface area contributed by atoms with Crippen molar-refractivity contribution in [2.24, 2.45) is 0 Å². The number of alkyl halides is 3. The molecule has 1 saturated heterocycles. The third kappa shape index (κ3) is 5.65. The van der Waals surface area contributed by atoms with Gasteiger partial charge in [0.05, 0.1) is 10.6 Å². The lowest BCUT2D eigenvalue weighted by Gasteiger charge is -2.36. The first-order valence-corrected chi connectivity index (χ1v) is 15.1. The number of hydrogen-bond acceptors (Lipinski definition) is 10. The molecule has 0 radical (unpaired) electrons. The fraction of sp³-hybridized carbons (Fsp3) is 0.286. The second-order valence-corrected chi connectivity index (χ2v) is 12.3. The highest BCUT2D eigenvalue weighted by molar-refractivity contribution is 7.90. The molecule has 0 aliphatic carbocycles. The van der Waals surface area contributed by atoms with Gasteiger partial charge in [-0.15, -0.1) is 0 Å². The van der Waals surface area contributed by atoms with E-state index in [1.54, 1.807) is 19.9 Å². The molecule has 45 heavy (non-hydrogen) atoms. The van der Waals surface area contributed by atoms with E-state index in [9.17, 15) is 31.5 Å². The summed E-state index contributed by atoms with van der Waals surface area (Å²) >= 11 is 0. The predicted octanol–water partition coefficient (Wildman–Crippen LogP) is 5.05. The Morgan fingerprint density at radius 3 is 2.51 bits per heavy atom. The minimum Gasteiger partial charge on any atom is -0.465 e. The standard InChI is InChI=1S/C28H25F3N8O5S/c1-15-8-9-17(13-38(15)27(40)41)34-26-32-12-21(28(29,30)31)23(36-26)20-14-39(45(42,43)18-6-4-3-5-7-18)25-19(20)10-11-22(35-25)24-33-16(2)44-37-24/h3-7,10-12,14-15,17H,8-9,13H2,1-2H3,(H,40,41)(H,32,34,36)/t15-,17-/m0/s1. The second kappa shape index (κ2) is 11.1. The number of pyridine rings is 1. The summed E-state index contributed by atoms with van der Waals surface area (Å²) in [5, 5.41) is 16.4. The van der Waals surface area contributed by atoms with Crippen LogP contribution in [0.2, 0.25) is 0 Å². The smallest absolute Gasteiger partial charge is 0.419 e. The first kappa shape index (κ1) is 30.0. The third-order valence-corrected chi connectivity index (χ3v) is 9.15. The number of amides is 1. The topological polar surface area (TPSA) is 169 Å². The number of halogens is 3. The maximum absolute atomic E-state index is 14.4. The van der Waals surface area contributed by atoms with Gasteiger partial charge in [-0.05, 0) is 44.0 Å². The van der Waals surface area contributed by atoms with Crippen LogP contribution < -0.4 is 5.32 Å². The largest absolute Gasteiger partial charge is 0.465 e. The molecule has 17 heteroatoms. The molecule has 13 nitrogen and oxygen atoms in total. The second-order valence-electron chi connectivity index (χ2n) is 10.5. The number of anilines is 1. The normalized spacial score (nSPS) is 17.5. The highest BCUT2D eigenvalue weighted by Crippen LogP contribution is 2.40. The fourth-order valence-electron chi connectivity index (χ4n) is 5.22. The molecule has 1 aromatic carbocycles. The Bertz CT molecular complexity index is 2010. The van der Waals surface area contributed by atoms with Gasteiger partial charge in [0.1, 0.15) is 11.3 Å². The molecule has 0 bridgehead atoms. The molecular weight excluding hydrogens is 617 g/mol. The van der Waals surface area contributed by atoms with Crippen LogP contribution >= 0.6 is 0 Å². The number of nitrogens with zero attached hydrogens (tertiary/aromatic N) is 7. The minimum absolute atomic E-state index is 0.0529. The van der Waals surface area contributed by atoms with Gasteiger partial charge in [-0.3, -0.25) is 0 Å². The molecule has 0 unspecified atom stereocenters. The summed E-state index contributed by atoms with van der Waals surface area (Å²) in [6, 6.07) is 9.52. The first-order valence-electron chi connectivity index (χ1n) is 13.7. The Hall–Kier alpha value is -5.06. The molecule has 1 aliphatic heterocycles. The minimum atomic E-state index is -4.91. The Kier molecular flexibility index (Phi) is 7.42. The molecule has 2 N–H and O–H groups in total. The number of rotatable bonds is 6. The van der Waals surface area contributed by atoms with Crippen molar-refractivity contribution in [1.29, 1.82) is 0 Å². The molecule has 4 aromatic heterocycles. The lowest BCUT2D eigenvalue weighted by Crippen LogP contribution is -2.49. The average Bonchev–Trinajstić information content (AvgIpc) is 3.61. The zero-order valence-corrected chi connectivity index (χ0v) is 24.5. The number of nitrogens with one attached hydrogen (secondary N) is 1. The molecule has 1 fully saturated rings. The number of aryl methyl sites for hydroxylation is 1. The molecule has 5 heterocycles. The van der Waals surface area contributed by atoms with Crippen molar-refractivity contribution in [3.05, 3.63) is 66.3 Å². The van der Waals surface area contributed by atoms with Crippen LogP contribution in [0.3, 0.4) is 0 Å². The lowest BCUT2D eigenvalue weighted by atomic mass is 10.00. The SMILES string of the molecule is Cc1nc(-c2ccc3c(-c4nc(N[C@H]5CC[C@H](C)N(C(=O)O)C5)ncc4C(F)(F)F)cn(S(=O)(=O)c4ccccc4)c3n2)no1. The van der Waals surface area contributed by atoms with Gasteiger partial charge in [-0.25, -0.2) is 32.1 Å². The number of likely N-dealkylation sites (tertiary alicyclic amines) is 1. The monoisotopic (exact) mass is 642 g/mol. The van der Waals surface area contributed by atoms with Crippen molar-refractivity contribution in [1.82, 2.24) is 34.0 Å². The van der Waals surface area contributed by atoms with Crippen LogP contribution in [0.4, 0.5) is 23.9 Å². The van der Waals surface area contributed by atoms with E-state index < -0.39 is 39.6 Å². The summed E-state index contributed by atoms with van der Waals surface area (Å²) in [6.45, 7) is 3.41. The van der Waals surface area contributed by atoms with E-state index in [2.05, 4.69) is 30.4 Å². The molecule has 0 spiro atoms. The molecule has 0 saturated carbocycles. The van der Waals surface area contributed by atoms with Gasteiger partial charge in [0, 0.05) is 48.9 Å². The van der Waals surface area contributed by atoms with Crippen LogP contribution in [-0.4, -0.2) is 72.2 Å². The summed E-state index contributed by atoms with van der Waals surface area (Å²) < 4.78 is 76.5. The number of hydrogen-bond donors (Lipinski definition) is 2. The number of fused-ring (bicyclic) bond motifs is 1. The fourth-order valence-corrected chi connectivity index (χ4v) is 6.56. The number of benzene rings is 1. The van der Waals surface area contributed by atoms with E-state index in [-0.39, 0.29) is 57.4 Å². The number of aromatic nitrogens is 6. The van der Waals surface area contributed by atoms with Crippen molar-refractivity contribution in [3.63, 3.8) is 0 Å². The van der Waals surface area contributed by atoms with Gasteiger partial charge in [-0.2, -0.15) is 18.2 Å². The maximum Gasteiger partial charge on any atom is 0.419 e. The zero-order valence-electron chi connectivity index (χ0n) is 23.7. The highest BCUT2D eigenvalue weighted by atomic mass is 32.2. The molecule has 6 rings (SSSR count). The summed E-state index contributed by atoms with van der Waals surface area (Å²) in [5.41, 5.74) is -2.02. The van der Waals surface area contributed by atoms with Crippen LogP contribution in [0.1, 0.15) is 31.2 Å². The van der Waals surface area contributed by atoms with E-state index in [4.69, 9.17) is 4.52 Å². The van der Waals surface area contributed by atoms with Gasteiger partial charge in [0.2, 0.25) is 17.7 Å². The molecule has 5 aromatic rings. The molecule has 1 amide bonds. The van der Waals surface area contributed by atoms with Crippen LogP contribution in [-0.2, 0) is 16.2 Å². The predicted molar refractivity (Wildman–Crippen MR) is 154 cm³/mol. The van der Waals surface area contributed by atoms with Crippen LogP contribution in [0.25, 0.3) is 33.8 Å². The molecular formula is C28H25F3N8O5S. The number of piperidine rings is 1. The van der Waals surface area contributed by atoms with Gasteiger partial charge < -0.3 is 19.8 Å². The molecule has 1 aliphatic rings. The van der Waals surface area contributed by atoms with Crippen LogP contribution in [0.15, 0.2) is 64.3 Å². The van der Waals surface area contributed by atoms with Crippen molar-refractivity contribution in [3.8, 4) is 22.8 Å². The van der Waals surface area contributed by atoms with E-state index in [1.165, 1.54) is 41.3 Å². The summed E-state index contributed by atoms with van der Waals surface area (Å²) in [6.07, 6.45) is -3.31. The summed E-state index contributed by atoms with van der Waals surface area (Å²) in [7, 11) is -4.36. The van der Waals surface area contributed by atoms with Gasteiger partial charge >= 0.3 is 12.3 Å². The molecule has 2 atom stereocenters. The Morgan fingerprint density at radius 2 is 1.84 bits per heavy atom. The third-order valence-electron chi connectivity index (χ3n) is 7.49. The quantitative estimate of drug-likeness (QED) is 0.254. The van der Waals surface area contributed by atoms with E-state index in [0.29, 0.717) is 19.0 Å². The average molecular weight is 643 g/mol. The van der Waals surface area contributed by atoms with E-state index in [1.807, 2.05) is 0 Å². The van der Waals surface area contributed by atoms with Crippen LogP contribution in [0.5, 0.6) is 0 Å². The van der Waals surface area contributed by atoms with Gasteiger partial charge in [-0.1, -0.05) is 23.4 Å². The summed E-state index contributed by atoms with van der Waals surface area (Å²) in [4.78, 5) is 29.4. The highest BCUT2D eigenvalue weighted by Gasteiger charge is 2.37. The van der Waals surface area contributed by atoms with Crippen molar-refractivity contribution in [2.75, 3.05) is 11.9 Å². The van der Waals surface area contributed by atoms with E-state index >= 15 is 0 Å². The van der Waals surface area contributed by atoms with Gasteiger partial charge in [0.25, 0.3) is 10.0 Å². The molecule has 234 valence electrons. The Labute approximate surface area is 253 Å². The number of carbonyl (C=O) groups is 1. The van der Waals surface area contributed by atoms with Crippen LogP contribution in [0, 0.1) is 6.92 Å². The first-order chi connectivity index (χ1) is 21.3. The Balaban J connectivity index is 1.52. The lowest BCUT2D eigenvalue weighted by molar-refractivity contribution is -0.137. The number of carboxylic acid groups (broad SMARTS) is 1. The van der Waals surface area contributed by atoms with Crippen molar-refractivity contribution < 1.29 is 36.0 Å². The van der Waals surface area contributed by atoms with Crippen molar-refractivity contribution in [2.45, 2.75) is 49.8 Å².